The van der Waals surface area contributed by atoms with Crippen LogP contribution in [0.3, 0.4) is 0 Å². The maximum atomic E-state index is 13.7. The molecule has 1 amide bonds. The van der Waals surface area contributed by atoms with Gasteiger partial charge in [0.15, 0.2) is 16.6 Å². The molecule has 3 aromatic rings. The van der Waals surface area contributed by atoms with Gasteiger partial charge in [0.25, 0.3) is 0 Å². The normalized spacial score (nSPS) is 11.1. The zero-order valence-electron chi connectivity index (χ0n) is 16.4. The summed E-state index contributed by atoms with van der Waals surface area (Å²) in [6, 6.07) is 10.3. The van der Waals surface area contributed by atoms with Crippen molar-refractivity contribution in [1.29, 1.82) is 0 Å². The number of fused-ring (bicyclic) bond motifs is 1. The van der Waals surface area contributed by atoms with Crippen LogP contribution in [0, 0.1) is 5.82 Å². The summed E-state index contributed by atoms with van der Waals surface area (Å²) in [5, 5.41) is 3.03. The smallest absolute Gasteiger partial charge is 0.250 e. The lowest BCUT2D eigenvalue weighted by Crippen LogP contribution is -2.07. The Balaban J connectivity index is 1.68. The quantitative estimate of drug-likeness (QED) is 0.362. The molecular weight excluding hydrogens is 391 g/mol. The number of thiazole rings is 1. The molecule has 0 aliphatic heterocycles. The van der Waals surface area contributed by atoms with Crippen molar-refractivity contribution in [2.75, 3.05) is 18.5 Å². The molecule has 29 heavy (non-hydrogen) atoms. The third kappa shape index (κ3) is 5.54. The number of anilines is 1. The minimum atomic E-state index is -0.403. The van der Waals surface area contributed by atoms with E-state index in [0.29, 0.717) is 34.5 Å². The summed E-state index contributed by atoms with van der Waals surface area (Å²) in [7, 11) is 0. The molecule has 1 aromatic heterocycles. The zero-order chi connectivity index (χ0) is 20.6. The molecule has 7 heteroatoms. The highest BCUT2D eigenvalue weighted by Gasteiger charge is 2.10. The molecule has 1 heterocycles. The van der Waals surface area contributed by atoms with Crippen LogP contribution in [0.15, 0.2) is 42.5 Å². The van der Waals surface area contributed by atoms with E-state index in [9.17, 15) is 9.18 Å². The van der Waals surface area contributed by atoms with Gasteiger partial charge < -0.3 is 9.47 Å². The Morgan fingerprint density at radius 1 is 1.21 bits per heavy atom. The van der Waals surface area contributed by atoms with Crippen LogP contribution in [0.1, 0.15) is 32.3 Å². The first kappa shape index (κ1) is 20.8. The molecule has 0 aliphatic carbocycles. The highest BCUT2D eigenvalue weighted by Crippen LogP contribution is 2.30. The molecule has 2 aromatic carbocycles. The molecule has 0 radical (unpaired) electrons. The van der Waals surface area contributed by atoms with Crippen LogP contribution in [0.2, 0.25) is 0 Å². The molecule has 152 valence electrons. The van der Waals surface area contributed by atoms with E-state index in [1.54, 1.807) is 18.2 Å². The predicted molar refractivity (Wildman–Crippen MR) is 115 cm³/mol. The van der Waals surface area contributed by atoms with Crippen LogP contribution in [0.25, 0.3) is 16.3 Å². The Kier molecular flexibility index (Phi) is 7.19. The molecule has 0 bridgehead atoms. The fourth-order valence-corrected chi connectivity index (χ4v) is 3.51. The topological polar surface area (TPSA) is 60.5 Å². The van der Waals surface area contributed by atoms with Crippen molar-refractivity contribution >= 4 is 38.7 Å². The van der Waals surface area contributed by atoms with E-state index in [0.717, 1.165) is 18.4 Å². The molecule has 0 fully saturated rings. The van der Waals surface area contributed by atoms with Gasteiger partial charge in [-0.15, -0.1) is 0 Å². The third-order valence-corrected chi connectivity index (χ3v) is 4.99. The largest absolute Gasteiger partial charge is 0.490 e. The Morgan fingerprint density at radius 3 is 2.83 bits per heavy atom. The fraction of sp³-hybridized carbons (Fsp3) is 0.273. The predicted octanol–water partition coefficient (Wildman–Crippen LogP) is 5.66. The summed E-state index contributed by atoms with van der Waals surface area (Å²) in [5.41, 5.74) is 1.07. The number of carbonyl (C=O) groups is 1. The van der Waals surface area contributed by atoms with Gasteiger partial charge in [-0.2, -0.15) is 0 Å². The van der Waals surface area contributed by atoms with Gasteiger partial charge in [0.2, 0.25) is 5.91 Å². The molecule has 0 aliphatic rings. The van der Waals surface area contributed by atoms with Crippen molar-refractivity contribution in [2.24, 2.45) is 0 Å². The molecule has 3 rings (SSSR count). The third-order valence-electron chi connectivity index (χ3n) is 4.05. The number of halogens is 1. The maximum Gasteiger partial charge on any atom is 0.250 e. The second kappa shape index (κ2) is 10.0. The number of hydrogen-bond acceptors (Lipinski definition) is 5. The summed E-state index contributed by atoms with van der Waals surface area (Å²) < 4.78 is 25.8. The number of carbonyl (C=O) groups excluding carboxylic acids is 1. The van der Waals surface area contributed by atoms with Crippen molar-refractivity contribution in [3.05, 3.63) is 53.9 Å². The lowest BCUT2D eigenvalue weighted by atomic mass is 10.2. The van der Waals surface area contributed by atoms with E-state index >= 15 is 0 Å². The number of hydrogen-bond donors (Lipinski definition) is 1. The van der Waals surface area contributed by atoms with Gasteiger partial charge in [-0.3, -0.25) is 10.1 Å². The van der Waals surface area contributed by atoms with Crippen molar-refractivity contribution in [3.63, 3.8) is 0 Å². The Labute approximate surface area is 173 Å². The van der Waals surface area contributed by atoms with Crippen LogP contribution >= 0.6 is 11.3 Å². The van der Waals surface area contributed by atoms with Gasteiger partial charge in [-0.05, 0) is 49.2 Å². The van der Waals surface area contributed by atoms with E-state index in [2.05, 4.69) is 17.2 Å². The van der Waals surface area contributed by atoms with Crippen LogP contribution in [0.5, 0.6) is 11.5 Å². The Hall–Kier alpha value is -2.93. The van der Waals surface area contributed by atoms with Gasteiger partial charge in [-0.25, -0.2) is 9.37 Å². The monoisotopic (exact) mass is 414 g/mol. The van der Waals surface area contributed by atoms with Crippen LogP contribution in [-0.2, 0) is 4.79 Å². The first-order chi connectivity index (χ1) is 14.1. The minimum absolute atomic E-state index is 0.261. The number of ether oxygens (including phenoxy) is 2. The number of rotatable bonds is 9. The highest BCUT2D eigenvalue weighted by molar-refractivity contribution is 7.22. The molecule has 0 spiro atoms. The number of amides is 1. The number of aromatic nitrogens is 1. The van der Waals surface area contributed by atoms with Crippen molar-refractivity contribution in [3.8, 4) is 11.5 Å². The molecule has 0 saturated carbocycles. The first-order valence-corrected chi connectivity index (χ1v) is 10.4. The average Bonchev–Trinajstić information content (AvgIpc) is 3.12. The standard InChI is InChI=1S/C22H23FN2O3S/c1-3-5-13-28-17-11-9-15(14-18(17)27-4-2)10-12-20(26)24-22-25-21-16(23)7-6-8-19(21)29-22/h6-12,14H,3-5,13H2,1-2H3,(H,24,25,26)/b12-10+. The molecular formula is C22H23FN2O3S. The lowest BCUT2D eigenvalue weighted by Gasteiger charge is -2.12. The fourth-order valence-electron chi connectivity index (χ4n) is 2.63. The molecule has 0 unspecified atom stereocenters. The zero-order valence-corrected chi connectivity index (χ0v) is 17.2. The van der Waals surface area contributed by atoms with Crippen LogP contribution in [0.4, 0.5) is 9.52 Å². The van der Waals surface area contributed by atoms with E-state index in [-0.39, 0.29) is 11.4 Å². The van der Waals surface area contributed by atoms with Gasteiger partial charge >= 0.3 is 0 Å². The van der Waals surface area contributed by atoms with Crippen LogP contribution in [-0.4, -0.2) is 24.1 Å². The van der Waals surface area contributed by atoms with Crippen molar-refractivity contribution < 1.29 is 18.7 Å². The van der Waals surface area contributed by atoms with Gasteiger partial charge in [-0.1, -0.05) is 36.8 Å². The summed E-state index contributed by atoms with van der Waals surface area (Å²) in [4.78, 5) is 16.4. The lowest BCUT2D eigenvalue weighted by molar-refractivity contribution is -0.111. The van der Waals surface area contributed by atoms with E-state index in [1.165, 1.54) is 23.5 Å². The minimum Gasteiger partial charge on any atom is -0.490 e. The summed E-state index contributed by atoms with van der Waals surface area (Å²) in [6.45, 7) is 5.17. The van der Waals surface area contributed by atoms with E-state index in [4.69, 9.17) is 9.47 Å². The van der Waals surface area contributed by atoms with Gasteiger partial charge in [0.05, 0.1) is 17.9 Å². The molecule has 1 N–H and O–H groups in total. The van der Waals surface area contributed by atoms with E-state index < -0.39 is 5.82 Å². The molecule has 0 atom stereocenters. The van der Waals surface area contributed by atoms with Gasteiger partial charge in [0.1, 0.15) is 11.3 Å². The van der Waals surface area contributed by atoms with Gasteiger partial charge in [0, 0.05) is 6.08 Å². The SMILES string of the molecule is CCCCOc1ccc(/C=C/C(=O)Nc2nc3c(F)cccc3s2)cc1OCC. The molecule has 5 nitrogen and oxygen atoms in total. The Bertz CT molecular complexity index is 1020. The maximum absolute atomic E-state index is 13.7. The number of nitrogens with zero attached hydrogens (tertiary/aromatic N) is 1. The second-order valence-electron chi connectivity index (χ2n) is 6.27. The number of para-hydroxylation sites is 1. The highest BCUT2D eigenvalue weighted by atomic mass is 32.1. The first-order valence-electron chi connectivity index (χ1n) is 9.54. The van der Waals surface area contributed by atoms with E-state index in [1.807, 2.05) is 25.1 Å². The van der Waals surface area contributed by atoms with Crippen molar-refractivity contribution in [2.45, 2.75) is 26.7 Å². The summed E-state index contributed by atoms with van der Waals surface area (Å²) in [6.07, 6.45) is 5.12. The summed E-state index contributed by atoms with van der Waals surface area (Å²) in [5.74, 6) is 0.594. The summed E-state index contributed by atoms with van der Waals surface area (Å²) >= 11 is 1.23. The number of benzene rings is 2. The second-order valence-corrected chi connectivity index (χ2v) is 7.30. The van der Waals surface area contributed by atoms with Crippen molar-refractivity contribution in [1.82, 2.24) is 4.98 Å². The number of nitrogens with one attached hydrogen (secondary N) is 1. The molecule has 0 saturated heterocycles. The average molecular weight is 415 g/mol. The van der Waals surface area contributed by atoms with Crippen LogP contribution < -0.4 is 14.8 Å². The number of unbranched alkanes of at least 4 members (excludes halogenated alkanes) is 1. The Morgan fingerprint density at radius 2 is 2.07 bits per heavy atom.